The minimum Gasteiger partial charge on any atom is -0.491 e. The smallest absolute Gasteiger partial charge is 0.251 e. The third kappa shape index (κ3) is 2.78. The van der Waals surface area contributed by atoms with Gasteiger partial charge in [0.05, 0.1) is 6.04 Å². The Morgan fingerprint density at radius 3 is 2.90 bits per heavy atom. The molecule has 0 spiro atoms. The van der Waals surface area contributed by atoms with Crippen molar-refractivity contribution in [3.8, 4) is 5.75 Å². The fourth-order valence-corrected chi connectivity index (χ4v) is 2.51. The second-order valence-electron chi connectivity index (χ2n) is 4.80. The maximum absolute atomic E-state index is 12.2. The van der Waals surface area contributed by atoms with Crippen molar-refractivity contribution >= 4 is 17.5 Å². The maximum atomic E-state index is 12.2. The second-order valence-corrected chi connectivity index (χ2v) is 5.24. The van der Waals surface area contributed by atoms with E-state index in [0.29, 0.717) is 17.2 Å². The van der Waals surface area contributed by atoms with Crippen LogP contribution in [0.25, 0.3) is 0 Å². The standard InChI is InChI=1S/C16H14ClNO2/c17-13-6-3-5-12(8-13)16(19)18-14-9-11-4-1-2-7-15(11)20-10-14/h1-8,14H,9-10H2,(H,18,19). The molecule has 3 rings (SSSR count). The number of rotatable bonds is 2. The molecule has 0 radical (unpaired) electrons. The average molecular weight is 288 g/mol. The Morgan fingerprint density at radius 2 is 2.05 bits per heavy atom. The van der Waals surface area contributed by atoms with Crippen LogP contribution in [0.3, 0.4) is 0 Å². The lowest BCUT2D eigenvalue weighted by molar-refractivity contribution is 0.0915. The van der Waals surface area contributed by atoms with Crippen LogP contribution in [0.4, 0.5) is 0 Å². The molecule has 0 aromatic heterocycles. The summed E-state index contributed by atoms with van der Waals surface area (Å²) in [5.74, 6) is 0.779. The Morgan fingerprint density at radius 1 is 1.20 bits per heavy atom. The highest BCUT2D eigenvalue weighted by Crippen LogP contribution is 2.24. The van der Waals surface area contributed by atoms with Crippen molar-refractivity contribution in [1.82, 2.24) is 5.32 Å². The van der Waals surface area contributed by atoms with Gasteiger partial charge in [0, 0.05) is 10.6 Å². The van der Waals surface area contributed by atoms with Gasteiger partial charge in [0.2, 0.25) is 0 Å². The first kappa shape index (κ1) is 13.0. The summed E-state index contributed by atoms with van der Waals surface area (Å²) in [5, 5.41) is 3.54. The van der Waals surface area contributed by atoms with Gasteiger partial charge in [0.1, 0.15) is 12.4 Å². The third-order valence-corrected chi connectivity index (χ3v) is 3.54. The molecule has 1 N–H and O–H groups in total. The lowest BCUT2D eigenvalue weighted by Gasteiger charge is -2.26. The maximum Gasteiger partial charge on any atom is 0.251 e. The molecule has 1 unspecified atom stereocenters. The summed E-state index contributed by atoms with van der Waals surface area (Å²) in [7, 11) is 0. The molecule has 0 saturated heterocycles. The second kappa shape index (κ2) is 5.55. The van der Waals surface area contributed by atoms with E-state index >= 15 is 0 Å². The zero-order valence-electron chi connectivity index (χ0n) is 10.8. The molecule has 1 atom stereocenters. The molecular weight excluding hydrogens is 274 g/mol. The van der Waals surface area contributed by atoms with Gasteiger partial charge in [-0.3, -0.25) is 4.79 Å². The van der Waals surface area contributed by atoms with Gasteiger partial charge >= 0.3 is 0 Å². The van der Waals surface area contributed by atoms with Crippen molar-refractivity contribution in [2.45, 2.75) is 12.5 Å². The van der Waals surface area contributed by atoms with E-state index in [9.17, 15) is 4.79 Å². The molecule has 1 aliphatic heterocycles. The zero-order chi connectivity index (χ0) is 13.9. The Balaban J connectivity index is 1.69. The van der Waals surface area contributed by atoms with Gasteiger partial charge in [-0.1, -0.05) is 35.9 Å². The number of benzene rings is 2. The van der Waals surface area contributed by atoms with Gasteiger partial charge in [-0.15, -0.1) is 0 Å². The normalized spacial score (nSPS) is 16.9. The van der Waals surface area contributed by atoms with Crippen LogP contribution in [-0.4, -0.2) is 18.6 Å². The molecule has 102 valence electrons. The first-order chi connectivity index (χ1) is 9.72. The van der Waals surface area contributed by atoms with E-state index in [-0.39, 0.29) is 11.9 Å². The molecule has 0 bridgehead atoms. The summed E-state index contributed by atoms with van der Waals surface area (Å²) in [6.07, 6.45) is 0.780. The molecular formula is C16H14ClNO2. The summed E-state index contributed by atoms with van der Waals surface area (Å²) in [6.45, 7) is 0.489. The van der Waals surface area contributed by atoms with Crippen molar-refractivity contribution in [3.63, 3.8) is 0 Å². The minimum absolute atomic E-state index is 0.0172. The number of fused-ring (bicyclic) bond motifs is 1. The highest BCUT2D eigenvalue weighted by molar-refractivity contribution is 6.30. The Bertz CT molecular complexity index is 642. The number of nitrogens with one attached hydrogen (secondary N) is 1. The summed E-state index contributed by atoms with van der Waals surface area (Å²) >= 11 is 5.89. The van der Waals surface area contributed by atoms with Crippen LogP contribution in [0.5, 0.6) is 5.75 Å². The summed E-state index contributed by atoms with van der Waals surface area (Å²) in [5.41, 5.74) is 1.69. The van der Waals surface area contributed by atoms with Gasteiger partial charge in [-0.05, 0) is 36.2 Å². The minimum atomic E-state index is -0.125. The molecule has 3 nitrogen and oxygen atoms in total. The largest absolute Gasteiger partial charge is 0.491 e. The van der Waals surface area contributed by atoms with Crippen LogP contribution in [0.1, 0.15) is 15.9 Å². The van der Waals surface area contributed by atoms with Crippen molar-refractivity contribution in [1.29, 1.82) is 0 Å². The van der Waals surface area contributed by atoms with E-state index in [1.165, 1.54) is 0 Å². The van der Waals surface area contributed by atoms with E-state index < -0.39 is 0 Å². The predicted molar refractivity (Wildman–Crippen MR) is 78.3 cm³/mol. The fourth-order valence-electron chi connectivity index (χ4n) is 2.32. The van der Waals surface area contributed by atoms with Crippen molar-refractivity contribution in [2.75, 3.05) is 6.61 Å². The molecule has 1 heterocycles. The number of hydrogen-bond acceptors (Lipinski definition) is 2. The number of halogens is 1. The summed E-state index contributed by atoms with van der Waals surface area (Å²) in [4.78, 5) is 12.2. The van der Waals surface area contributed by atoms with Crippen molar-refractivity contribution < 1.29 is 9.53 Å². The SMILES string of the molecule is O=C(NC1COc2ccccc2C1)c1cccc(Cl)c1. The highest BCUT2D eigenvalue weighted by atomic mass is 35.5. The molecule has 20 heavy (non-hydrogen) atoms. The van der Waals surface area contributed by atoms with E-state index in [1.807, 2.05) is 24.3 Å². The van der Waals surface area contributed by atoms with Gasteiger partial charge in [-0.2, -0.15) is 0 Å². The van der Waals surface area contributed by atoms with Crippen LogP contribution < -0.4 is 10.1 Å². The summed E-state index contributed by atoms with van der Waals surface area (Å²) in [6, 6.07) is 14.8. The first-order valence-corrected chi connectivity index (χ1v) is 6.87. The van der Waals surface area contributed by atoms with Gasteiger partial charge in [-0.25, -0.2) is 0 Å². The molecule has 4 heteroatoms. The summed E-state index contributed by atoms with van der Waals surface area (Å²) < 4.78 is 5.66. The molecule has 2 aromatic rings. The van der Waals surface area contributed by atoms with Crippen molar-refractivity contribution in [2.24, 2.45) is 0 Å². The number of carbonyl (C=O) groups is 1. The molecule has 1 aliphatic rings. The van der Waals surface area contributed by atoms with E-state index in [4.69, 9.17) is 16.3 Å². The van der Waals surface area contributed by atoms with Crippen LogP contribution in [0.2, 0.25) is 5.02 Å². The molecule has 0 saturated carbocycles. The van der Waals surface area contributed by atoms with Crippen LogP contribution in [-0.2, 0) is 6.42 Å². The van der Waals surface area contributed by atoms with Crippen LogP contribution in [0.15, 0.2) is 48.5 Å². The van der Waals surface area contributed by atoms with Crippen molar-refractivity contribution in [3.05, 3.63) is 64.7 Å². The molecule has 2 aromatic carbocycles. The zero-order valence-corrected chi connectivity index (χ0v) is 11.6. The first-order valence-electron chi connectivity index (χ1n) is 6.49. The molecule has 0 aliphatic carbocycles. The monoisotopic (exact) mass is 287 g/mol. The number of ether oxygens (including phenoxy) is 1. The van der Waals surface area contributed by atoms with E-state index in [2.05, 4.69) is 5.32 Å². The Hall–Kier alpha value is -2.00. The topological polar surface area (TPSA) is 38.3 Å². The number of carbonyl (C=O) groups excluding carboxylic acids is 1. The molecule has 0 fully saturated rings. The van der Waals surface area contributed by atoms with Gasteiger partial charge in [0.25, 0.3) is 5.91 Å². The van der Waals surface area contributed by atoms with Crippen LogP contribution in [0, 0.1) is 0 Å². The van der Waals surface area contributed by atoms with Gasteiger partial charge in [0.15, 0.2) is 0 Å². The van der Waals surface area contributed by atoms with Crippen LogP contribution >= 0.6 is 11.6 Å². The van der Waals surface area contributed by atoms with E-state index in [1.54, 1.807) is 24.3 Å². The van der Waals surface area contributed by atoms with E-state index in [0.717, 1.165) is 17.7 Å². The average Bonchev–Trinajstić information content (AvgIpc) is 2.47. The quantitative estimate of drug-likeness (QED) is 0.922. The number of para-hydroxylation sites is 1. The number of hydrogen-bond donors (Lipinski definition) is 1. The number of amides is 1. The van der Waals surface area contributed by atoms with Gasteiger partial charge < -0.3 is 10.1 Å². The lowest BCUT2D eigenvalue weighted by Crippen LogP contribution is -2.42. The highest BCUT2D eigenvalue weighted by Gasteiger charge is 2.21. The lowest BCUT2D eigenvalue weighted by atomic mass is 10.0. The Labute approximate surface area is 122 Å². The fraction of sp³-hybridized carbons (Fsp3) is 0.188. The predicted octanol–water partition coefficient (Wildman–Crippen LogP) is 3.07. The third-order valence-electron chi connectivity index (χ3n) is 3.30. The Kier molecular flexibility index (Phi) is 3.61. The molecule has 1 amide bonds.